The molecule has 0 N–H and O–H groups in total. The first-order valence-electron chi connectivity index (χ1n) is 7.11. The smallest absolute Gasteiger partial charge is 0.0389 e. The van der Waals surface area contributed by atoms with Gasteiger partial charge in [-0.05, 0) is 24.2 Å². The normalized spacial score (nSPS) is 15.6. The molecule has 0 heteroatoms. The van der Waals surface area contributed by atoms with Crippen molar-refractivity contribution in [2.24, 2.45) is 17.8 Å². The average molecular weight is 212 g/mol. The van der Waals surface area contributed by atoms with E-state index in [0.717, 1.165) is 17.8 Å². The molecule has 0 amide bonds. The van der Waals surface area contributed by atoms with E-state index in [1.165, 1.54) is 44.9 Å². The first kappa shape index (κ1) is 15.0. The maximum Gasteiger partial charge on any atom is -0.0389 e. The Labute approximate surface area is 97.8 Å². The summed E-state index contributed by atoms with van der Waals surface area (Å²) in [4.78, 5) is 0. The molecule has 0 saturated heterocycles. The van der Waals surface area contributed by atoms with Gasteiger partial charge in [0.1, 0.15) is 0 Å². The molecule has 2 atom stereocenters. The van der Waals surface area contributed by atoms with Crippen molar-refractivity contribution in [3.05, 3.63) is 0 Å². The molecule has 2 unspecified atom stereocenters. The summed E-state index contributed by atoms with van der Waals surface area (Å²) < 4.78 is 0. The van der Waals surface area contributed by atoms with E-state index < -0.39 is 0 Å². The summed E-state index contributed by atoms with van der Waals surface area (Å²) in [6.07, 6.45) is 9.88. The van der Waals surface area contributed by atoms with Gasteiger partial charge in [-0.15, -0.1) is 0 Å². The van der Waals surface area contributed by atoms with E-state index in [1.807, 2.05) is 0 Å². The number of hydrogen-bond donors (Lipinski definition) is 0. The van der Waals surface area contributed by atoms with Crippen molar-refractivity contribution >= 4 is 0 Å². The second-order valence-electron chi connectivity index (χ2n) is 5.63. The van der Waals surface area contributed by atoms with Gasteiger partial charge in [0.05, 0.1) is 0 Å². The fourth-order valence-electron chi connectivity index (χ4n) is 2.38. The van der Waals surface area contributed by atoms with Gasteiger partial charge in [-0.2, -0.15) is 0 Å². The Morgan fingerprint density at radius 2 is 1.33 bits per heavy atom. The van der Waals surface area contributed by atoms with Crippen LogP contribution in [-0.4, -0.2) is 0 Å². The quantitative estimate of drug-likeness (QED) is 0.462. The largest absolute Gasteiger partial charge is 0.0654 e. The molecule has 92 valence electrons. The molecule has 0 aliphatic heterocycles. The maximum atomic E-state index is 2.44. The molecule has 0 saturated carbocycles. The second-order valence-corrected chi connectivity index (χ2v) is 5.63. The summed E-state index contributed by atoms with van der Waals surface area (Å²) in [6, 6.07) is 0. The lowest BCUT2D eigenvalue weighted by Crippen LogP contribution is -2.13. The lowest BCUT2D eigenvalue weighted by molar-refractivity contribution is 0.273. The molecular weight excluding hydrogens is 180 g/mol. The Bertz CT molecular complexity index is 126. The highest BCUT2D eigenvalue weighted by Crippen LogP contribution is 2.27. The zero-order chi connectivity index (χ0) is 11.7. The Hall–Kier alpha value is 0. The number of hydrogen-bond acceptors (Lipinski definition) is 0. The van der Waals surface area contributed by atoms with Crippen LogP contribution >= 0.6 is 0 Å². The van der Waals surface area contributed by atoms with E-state index in [0.29, 0.717) is 0 Å². The third-order valence-electron chi connectivity index (χ3n) is 3.63. The van der Waals surface area contributed by atoms with Crippen LogP contribution in [0.4, 0.5) is 0 Å². The van der Waals surface area contributed by atoms with Crippen LogP contribution in [0.5, 0.6) is 0 Å². The van der Waals surface area contributed by atoms with Gasteiger partial charge in [-0.3, -0.25) is 0 Å². The predicted octanol–water partition coefficient (Wildman–Crippen LogP) is 5.67. The molecule has 0 heterocycles. The molecule has 0 aromatic heterocycles. The summed E-state index contributed by atoms with van der Waals surface area (Å²) in [7, 11) is 0. The minimum atomic E-state index is 0.876. The van der Waals surface area contributed by atoms with E-state index in [1.54, 1.807) is 0 Å². The van der Waals surface area contributed by atoms with Crippen molar-refractivity contribution in [2.75, 3.05) is 0 Å². The van der Waals surface area contributed by atoms with Crippen LogP contribution in [-0.2, 0) is 0 Å². The predicted molar refractivity (Wildman–Crippen MR) is 71.2 cm³/mol. The lowest BCUT2D eigenvalue weighted by Gasteiger charge is -2.24. The van der Waals surface area contributed by atoms with Gasteiger partial charge in [0.2, 0.25) is 0 Å². The Morgan fingerprint density at radius 3 is 1.80 bits per heavy atom. The van der Waals surface area contributed by atoms with Crippen LogP contribution in [0.2, 0.25) is 0 Å². The van der Waals surface area contributed by atoms with Gasteiger partial charge < -0.3 is 0 Å². The zero-order valence-corrected chi connectivity index (χ0v) is 11.7. The maximum absolute atomic E-state index is 2.44. The van der Waals surface area contributed by atoms with E-state index in [9.17, 15) is 0 Å². The number of unbranched alkanes of at least 4 members (excludes halogenated alkanes) is 2. The second kappa shape index (κ2) is 9.24. The van der Waals surface area contributed by atoms with Crippen molar-refractivity contribution in [1.29, 1.82) is 0 Å². The van der Waals surface area contributed by atoms with E-state index >= 15 is 0 Å². The molecule has 0 rings (SSSR count). The minimum absolute atomic E-state index is 0.876. The minimum Gasteiger partial charge on any atom is -0.0654 e. The molecule has 0 bridgehead atoms. The Balaban J connectivity index is 3.81. The van der Waals surface area contributed by atoms with Crippen molar-refractivity contribution in [2.45, 2.75) is 79.6 Å². The molecule has 0 nitrogen and oxygen atoms in total. The van der Waals surface area contributed by atoms with Crippen LogP contribution in [0.25, 0.3) is 0 Å². The lowest BCUT2D eigenvalue weighted by atomic mass is 9.82. The van der Waals surface area contributed by atoms with Crippen molar-refractivity contribution in [3.8, 4) is 0 Å². The summed E-state index contributed by atoms with van der Waals surface area (Å²) in [5, 5.41) is 0. The van der Waals surface area contributed by atoms with Crippen molar-refractivity contribution in [1.82, 2.24) is 0 Å². The van der Waals surface area contributed by atoms with Gasteiger partial charge in [0, 0.05) is 0 Å². The molecule has 15 heavy (non-hydrogen) atoms. The third-order valence-corrected chi connectivity index (χ3v) is 3.63. The molecule has 0 spiro atoms. The van der Waals surface area contributed by atoms with Crippen molar-refractivity contribution in [3.63, 3.8) is 0 Å². The highest BCUT2D eigenvalue weighted by molar-refractivity contribution is 4.67. The topological polar surface area (TPSA) is 0 Å². The zero-order valence-electron chi connectivity index (χ0n) is 11.7. The standard InChI is InChI=1S/C15H32/c1-6-8-10-14(5)12-15(13(3)4)11-9-7-2/h13-15H,6-12H2,1-5H3. The van der Waals surface area contributed by atoms with Gasteiger partial charge in [-0.25, -0.2) is 0 Å². The van der Waals surface area contributed by atoms with Gasteiger partial charge in [-0.1, -0.05) is 73.1 Å². The average Bonchev–Trinajstić information content (AvgIpc) is 2.20. The highest BCUT2D eigenvalue weighted by Gasteiger charge is 2.15. The van der Waals surface area contributed by atoms with Crippen LogP contribution < -0.4 is 0 Å². The summed E-state index contributed by atoms with van der Waals surface area (Å²) in [6.45, 7) is 11.8. The van der Waals surface area contributed by atoms with E-state index in [2.05, 4.69) is 34.6 Å². The monoisotopic (exact) mass is 212 g/mol. The summed E-state index contributed by atoms with van der Waals surface area (Å²) >= 11 is 0. The van der Waals surface area contributed by atoms with Gasteiger partial charge in [0.15, 0.2) is 0 Å². The van der Waals surface area contributed by atoms with Crippen LogP contribution in [0, 0.1) is 17.8 Å². The highest BCUT2D eigenvalue weighted by atomic mass is 14.2. The Morgan fingerprint density at radius 1 is 0.800 bits per heavy atom. The van der Waals surface area contributed by atoms with Gasteiger partial charge in [0.25, 0.3) is 0 Å². The first-order valence-corrected chi connectivity index (χ1v) is 7.11. The van der Waals surface area contributed by atoms with E-state index in [-0.39, 0.29) is 0 Å². The first-order chi connectivity index (χ1) is 7.11. The Kier molecular flexibility index (Phi) is 9.24. The van der Waals surface area contributed by atoms with Crippen molar-refractivity contribution < 1.29 is 0 Å². The molecule has 0 aromatic carbocycles. The molecule has 0 aliphatic carbocycles. The van der Waals surface area contributed by atoms with E-state index in [4.69, 9.17) is 0 Å². The van der Waals surface area contributed by atoms with Crippen LogP contribution in [0.1, 0.15) is 79.6 Å². The molecule has 0 radical (unpaired) electrons. The summed E-state index contributed by atoms with van der Waals surface area (Å²) in [5.74, 6) is 2.78. The molecule has 0 fully saturated rings. The SMILES string of the molecule is CCCCC(C)CC(CCCC)C(C)C. The summed E-state index contributed by atoms with van der Waals surface area (Å²) in [5.41, 5.74) is 0. The fourth-order valence-corrected chi connectivity index (χ4v) is 2.38. The molecular formula is C15H32. The number of rotatable bonds is 9. The molecule has 0 aromatic rings. The molecule has 0 aliphatic rings. The van der Waals surface area contributed by atoms with Crippen LogP contribution in [0.15, 0.2) is 0 Å². The van der Waals surface area contributed by atoms with Crippen LogP contribution in [0.3, 0.4) is 0 Å². The van der Waals surface area contributed by atoms with Gasteiger partial charge >= 0.3 is 0 Å². The third kappa shape index (κ3) is 7.88. The fraction of sp³-hybridized carbons (Fsp3) is 1.00.